The molecule has 1 fully saturated rings. The van der Waals surface area contributed by atoms with Gasteiger partial charge in [0.25, 0.3) is 0 Å². The van der Waals surface area contributed by atoms with Gasteiger partial charge in [-0.2, -0.15) is 0 Å². The molecule has 0 spiro atoms. The predicted molar refractivity (Wildman–Crippen MR) is 62.7 cm³/mol. The number of nitrogens with one attached hydrogen (secondary N) is 1. The van der Waals surface area contributed by atoms with E-state index in [0.29, 0.717) is 0 Å². The van der Waals surface area contributed by atoms with Crippen LogP contribution < -0.4 is 5.32 Å². The summed E-state index contributed by atoms with van der Waals surface area (Å²) in [5.41, 5.74) is 1.41. The zero-order valence-electron chi connectivity index (χ0n) is 9.45. The molecule has 0 bridgehead atoms. The van der Waals surface area contributed by atoms with Crippen molar-refractivity contribution in [3.8, 4) is 0 Å². The summed E-state index contributed by atoms with van der Waals surface area (Å²) in [5.74, 6) is 0.897. The number of aryl methyl sites for hydroxylation is 1. The lowest BCUT2D eigenvalue weighted by Gasteiger charge is -2.28. The largest absolute Gasteiger partial charge is 0.314 e. The van der Waals surface area contributed by atoms with Gasteiger partial charge in [0.05, 0.1) is 0 Å². The Morgan fingerprint density at radius 1 is 1.40 bits per heavy atom. The minimum Gasteiger partial charge on any atom is -0.314 e. The molecule has 0 radical (unpaired) electrons. The fourth-order valence-corrected chi connectivity index (χ4v) is 2.33. The Hall–Kier alpha value is -0.890. The number of aromatic nitrogens is 1. The summed E-state index contributed by atoms with van der Waals surface area (Å²) in [6.45, 7) is 3.56. The Morgan fingerprint density at radius 2 is 2.20 bits per heavy atom. The highest BCUT2D eigenvalue weighted by Gasteiger charge is 2.17. The normalized spacial score (nSPS) is 26.5. The lowest BCUT2D eigenvalue weighted by atomic mass is 9.91. The zero-order chi connectivity index (χ0) is 10.5. The Bertz CT molecular complexity index is 284. The molecule has 2 rings (SSSR count). The second kappa shape index (κ2) is 5.26. The lowest BCUT2D eigenvalue weighted by molar-refractivity contribution is 0.308. The molecule has 1 aliphatic heterocycles. The second-order valence-corrected chi connectivity index (χ2v) is 4.67. The summed E-state index contributed by atoms with van der Waals surface area (Å²) >= 11 is 0. The van der Waals surface area contributed by atoms with Crippen molar-refractivity contribution < 1.29 is 0 Å². The van der Waals surface area contributed by atoms with E-state index >= 15 is 0 Å². The van der Waals surface area contributed by atoms with E-state index in [1.54, 1.807) is 0 Å². The topological polar surface area (TPSA) is 24.9 Å². The summed E-state index contributed by atoms with van der Waals surface area (Å²) < 4.78 is 0. The van der Waals surface area contributed by atoms with Gasteiger partial charge < -0.3 is 5.32 Å². The fraction of sp³-hybridized carbons (Fsp3) is 0.615. The molecule has 0 aliphatic carbocycles. The van der Waals surface area contributed by atoms with E-state index in [9.17, 15) is 0 Å². The van der Waals surface area contributed by atoms with Gasteiger partial charge >= 0.3 is 0 Å². The average molecular weight is 204 g/mol. The maximum atomic E-state index is 4.04. The second-order valence-electron chi connectivity index (χ2n) is 4.67. The van der Waals surface area contributed by atoms with Crippen LogP contribution in [0.15, 0.2) is 24.5 Å². The van der Waals surface area contributed by atoms with Crippen LogP contribution in [-0.4, -0.2) is 17.6 Å². The fourth-order valence-electron chi connectivity index (χ4n) is 2.33. The first kappa shape index (κ1) is 10.6. The number of hydrogen-bond acceptors (Lipinski definition) is 2. The van der Waals surface area contributed by atoms with Gasteiger partial charge in [-0.15, -0.1) is 0 Å². The van der Waals surface area contributed by atoms with Gasteiger partial charge in [0.15, 0.2) is 0 Å². The van der Waals surface area contributed by atoms with Crippen LogP contribution in [0, 0.1) is 5.92 Å². The molecule has 1 aromatic heterocycles. The van der Waals surface area contributed by atoms with Crippen molar-refractivity contribution in [3.63, 3.8) is 0 Å². The molecule has 1 saturated heterocycles. The number of nitrogens with zero attached hydrogens (tertiary/aromatic N) is 1. The maximum absolute atomic E-state index is 4.04. The van der Waals surface area contributed by atoms with Crippen LogP contribution in [0.25, 0.3) is 0 Å². The third-order valence-electron chi connectivity index (χ3n) is 3.29. The smallest absolute Gasteiger partial charge is 0.0270 e. The van der Waals surface area contributed by atoms with Crippen molar-refractivity contribution >= 4 is 0 Å². The van der Waals surface area contributed by atoms with E-state index in [-0.39, 0.29) is 0 Å². The van der Waals surface area contributed by atoms with Gasteiger partial charge in [-0.1, -0.05) is 6.92 Å². The molecule has 2 atom stereocenters. The van der Waals surface area contributed by atoms with E-state index in [1.165, 1.54) is 37.8 Å². The van der Waals surface area contributed by atoms with Crippen molar-refractivity contribution in [2.75, 3.05) is 6.54 Å². The molecule has 2 heterocycles. The van der Waals surface area contributed by atoms with Gasteiger partial charge in [0.1, 0.15) is 0 Å². The zero-order valence-corrected chi connectivity index (χ0v) is 9.45. The van der Waals surface area contributed by atoms with Crippen molar-refractivity contribution in [2.45, 2.75) is 38.6 Å². The Labute approximate surface area is 92.1 Å². The summed E-state index contributed by atoms with van der Waals surface area (Å²) in [6.07, 6.45) is 8.87. The molecule has 15 heavy (non-hydrogen) atoms. The predicted octanol–water partition coefficient (Wildman–Crippen LogP) is 2.40. The molecule has 1 aromatic rings. The third-order valence-corrected chi connectivity index (χ3v) is 3.29. The van der Waals surface area contributed by atoms with Crippen LogP contribution >= 0.6 is 0 Å². The summed E-state index contributed by atoms with van der Waals surface area (Å²) in [5, 5.41) is 3.60. The summed E-state index contributed by atoms with van der Waals surface area (Å²) in [4.78, 5) is 4.04. The first-order valence-electron chi connectivity index (χ1n) is 5.97. The molecule has 1 aliphatic rings. The number of piperidine rings is 1. The van der Waals surface area contributed by atoms with Crippen LogP contribution in [0.3, 0.4) is 0 Å². The molecule has 2 nitrogen and oxygen atoms in total. The SMILES string of the molecule is CC1CCNC(CCc2ccncc2)C1. The van der Waals surface area contributed by atoms with E-state index in [2.05, 4.69) is 29.4 Å². The average Bonchev–Trinajstić information content (AvgIpc) is 2.28. The van der Waals surface area contributed by atoms with Gasteiger partial charge in [-0.3, -0.25) is 4.98 Å². The van der Waals surface area contributed by atoms with Crippen molar-refractivity contribution in [2.24, 2.45) is 5.92 Å². The molecule has 2 heteroatoms. The number of hydrogen-bond donors (Lipinski definition) is 1. The quantitative estimate of drug-likeness (QED) is 0.818. The highest BCUT2D eigenvalue weighted by molar-refractivity contribution is 5.09. The molecular formula is C13H20N2. The van der Waals surface area contributed by atoms with Gasteiger partial charge in [0.2, 0.25) is 0 Å². The van der Waals surface area contributed by atoms with Gasteiger partial charge in [-0.25, -0.2) is 0 Å². The molecular weight excluding hydrogens is 184 g/mol. The summed E-state index contributed by atoms with van der Waals surface area (Å²) in [7, 11) is 0. The molecule has 0 amide bonds. The van der Waals surface area contributed by atoms with E-state index in [1.807, 2.05) is 12.4 Å². The molecule has 0 aromatic carbocycles. The Balaban J connectivity index is 1.78. The number of pyridine rings is 1. The van der Waals surface area contributed by atoms with Gasteiger partial charge in [0, 0.05) is 18.4 Å². The van der Waals surface area contributed by atoms with Gasteiger partial charge in [-0.05, 0) is 55.8 Å². The van der Waals surface area contributed by atoms with Crippen LogP contribution in [0.4, 0.5) is 0 Å². The maximum Gasteiger partial charge on any atom is 0.0270 e. The minimum absolute atomic E-state index is 0.724. The van der Waals surface area contributed by atoms with Crippen LogP contribution in [0.1, 0.15) is 31.7 Å². The van der Waals surface area contributed by atoms with Crippen molar-refractivity contribution in [3.05, 3.63) is 30.1 Å². The number of rotatable bonds is 3. The van der Waals surface area contributed by atoms with E-state index in [4.69, 9.17) is 0 Å². The lowest BCUT2D eigenvalue weighted by Crippen LogP contribution is -2.37. The highest BCUT2D eigenvalue weighted by Crippen LogP contribution is 2.18. The first-order chi connectivity index (χ1) is 7.34. The van der Waals surface area contributed by atoms with Crippen LogP contribution in [-0.2, 0) is 6.42 Å². The molecule has 82 valence electrons. The van der Waals surface area contributed by atoms with E-state index < -0.39 is 0 Å². The van der Waals surface area contributed by atoms with Crippen LogP contribution in [0.2, 0.25) is 0 Å². The minimum atomic E-state index is 0.724. The third kappa shape index (κ3) is 3.31. The van der Waals surface area contributed by atoms with Crippen molar-refractivity contribution in [1.82, 2.24) is 10.3 Å². The summed E-state index contributed by atoms with van der Waals surface area (Å²) in [6, 6.07) is 4.96. The Kier molecular flexibility index (Phi) is 3.73. The monoisotopic (exact) mass is 204 g/mol. The molecule has 0 saturated carbocycles. The standard InChI is InChI=1S/C13H20N2/c1-11-4-9-15-13(10-11)3-2-12-5-7-14-8-6-12/h5-8,11,13,15H,2-4,9-10H2,1H3. The molecule has 2 unspecified atom stereocenters. The first-order valence-corrected chi connectivity index (χ1v) is 5.97. The highest BCUT2D eigenvalue weighted by atomic mass is 14.9. The van der Waals surface area contributed by atoms with Crippen molar-refractivity contribution in [1.29, 1.82) is 0 Å². The van der Waals surface area contributed by atoms with E-state index in [0.717, 1.165) is 12.0 Å². The Morgan fingerprint density at radius 3 is 2.93 bits per heavy atom. The van der Waals surface area contributed by atoms with Crippen LogP contribution in [0.5, 0.6) is 0 Å². The molecule has 1 N–H and O–H groups in total.